The molecule has 0 saturated heterocycles. The van der Waals surface area contributed by atoms with Gasteiger partial charge in [0.15, 0.2) is 0 Å². The van der Waals surface area contributed by atoms with Gasteiger partial charge in [0.05, 0.1) is 18.2 Å². The third kappa shape index (κ3) is 1.29. The maximum Gasteiger partial charge on any atom is 0.0994 e. The van der Waals surface area contributed by atoms with Crippen LogP contribution in [0.5, 0.6) is 0 Å². The average molecular weight is 203 g/mol. The Morgan fingerprint density at radius 3 is 2.93 bits per heavy atom. The van der Waals surface area contributed by atoms with Gasteiger partial charge in [-0.3, -0.25) is 0 Å². The minimum atomic E-state index is 0.0701. The van der Waals surface area contributed by atoms with Crippen LogP contribution in [-0.2, 0) is 6.61 Å². The molecule has 0 atom stereocenters. The highest BCUT2D eigenvalue weighted by Crippen LogP contribution is 2.30. The predicted octanol–water partition coefficient (Wildman–Crippen LogP) is 2.57. The van der Waals surface area contributed by atoms with Crippen LogP contribution in [0.1, 0.15) is 16.0 Å². The molecule has 2 nitrogen and oxygen atoms in total. The molecule has 0 unspecified atom stereocenters. The molecule has 1 aromatic heterocycles. The molecular formula is C11H9NOS. The maximum absolute atomic E-state index is 9.00. The van der Waals surface area contributed by atoms with E-state index in [1.54, 1.807) is 11.3 Å². The maximum atomic E-state index is 9.00. The molecule has 2 aromatic rings. The van der Waals surface area contributed by atoms with E-state index in [1.807, 2.05) is 25.1 Å². The largest absolute Gasteiger partial charge is 0.391 e. The minimum Gasteiger partial charge on any atom is -0.391 e. The summed E-state index contributed by atoms with van der Waals surface area (Å²) < 4.78 is 1.10. The molecule has 1 N–H and O–H groups in total. The zero-order valence-electron chi connectivity index (χ0n) is 7.74. The first-order valence-electron chi connectivity index (χ1n) is 4.29. The molecule has 0 saturated carbocycles. The number of aliphatic hydroxyl groups is 1. The van der Waals surface area contributed by atoms with Crippen molar-refractivity contribution in [3.05, 3.63) is 34.2 Å². The van der Waals surface area contributed by atoms with E-state index in [9.17, 15) is 0 Å². The van der Waals surface area contributed by atoms with Gasteiger partial charge < -0.3 is 5.11 Å². The Kier molecular flexibility index (Phi) is 2.24. The van der Waals surface area contributed by atoms with Crippen LogP contribution in [0.4, 0.5) is 0 Å². The highest BCUT2D eigenvalue weighted by Gasteiger charge is 2.06. The van der Waals surface area contributed by atoms with Gasteiger partial charge in [-0.2, -0.15) is 5.26 Å². The smallest absolute Gasteiger partial charge is 0.0994 e. The first-order chi connectivity index (χ1) is 6.76. The van der Waals surface area contributed by atoms with Gasteiger partial charge in [0.25, 0.3) is 0 Å². The summed E-state index contributed by atoms with van der Waals surface area (Å²) in [6.45, 7) is 2.01. The zero-order valence-corrected chi connectivity index (χ0v) is 8.56. The Balaban J connectivity index is 2.76. The number of nitriles is 1. The number of rotatable bonds is 1. The van der Waals surface area contributed by atoms with E-state index in [-0.39, 0.29) is 6.61 Å². The molecule has 3 heteroatoms. The molecule has 1 heterocycles. The number of thiophene rings is 1. The zero-order chi connectivity index (χ0) is 10.1. The highest BCUT2D eigenvalue weighted by atomic mass is 32.1. The van der Waals surface area contributed by atoms with Crippen molar-refractivity contribution in [2.24, 2.45) is 0 Å². The first-order valence-corrected chi connectivity index (χ1v) is 5.11. The van der Waals surface area contributed by atoms with Gasteiger partial charge in [0.1, 0.15) is 0 Å². The van der Waals surface area contributed by atoms with Gasteiger partial charge in [0, 0.05) is 9.58 Å². The topological polar surface area (TPSA) is 44.0 Å². The van der Waals surface area contributed by atoms with Crippen molar-refractivity contribution in [2.75, 3.05) is 0 Å². The minimum absolute atomic E-state index is 0.0701. The summed E-state index contributed by atoms with van der Waals surface area (Å²) >= 11 is 1.55. The van der Waals surface area contributed by atoms with E-state index in [2.05, 4.69) is 6.07 Å². The van der Waals surface area contributed by atoms with Crippen LogP contribution in [0.15, 0.2) is 18.2 Å². The molecule has 0 fully saturated rings. The van der Waals surface area contributed by atoms with Crippen LogP contribution in [-0.4, -0.2) is 5.11 Å². The number of aliphatic hydroxyl groups excluding tert-OH is 1. The lowest BCUT2D eigenvalue weighted by Gasteiger charge is -1.97. The Labute approximate surface area is 86.0 Å². The average Bonchev–Trinajstić information content (AvgIpc) is 2.62. The monoisotopic (exact) mass is 203 g/mol. The van der Waals surface area contributed by atoms with Gasteiger partial charge >= 0.3 is 0 Å². The number of aryl methyl sites for hydroxylation is 1. The number of hydrogen-bond donors (Lipinski definition) is 1. The van der Waals surface area contributed by atoms with Gasteiger partial charge in [-0.25, -0.2) is 0 Å². The Hall–Kier alpha value is -1.37. The SMILES string of the molecule is Cc1c(C#N)ccc2cc(CO)sc12. The van der Waals surface area contributed by atoms with Crippen molar-refractivity contribution in [2.45, 2.75) is 13.5 Å². The quantitative estimate of drug-likeness (QED) is 0.774. The van der Waals surface area contributed by atoms with Gasteiger partial charge in [-0.15, -0.1) is 11.3 Å². The number of hydrogen-bond acceptors (Lipinski definition) is 3. The summed E-state index contributed by atoms with van der Waals surface area (Å²) in [4.78, 5) is 0.943. The van der Waals surface area contributed by atoms with Crippen molar-refractivity contribution < 1.29 is 5.11 Å². The van der Waals surface area contributed by atoms with E-state index in [1.165, 1.54) is 0 Å². The number of fused-ring (bicyclic) bond motifs is 1. The summed E-state index contributed by atoms with van der Waals surface area (Å²) in [5.74, 6) is 0. The lowest BCUT2D eigenvalue weighted by Crippen LogP contribution is -1.80. The number of nitrogens with zero attached hydrogens (tertiary/aromatic N) is 1. The molecule has 0 spiro atoms. The molecule has 1 aromatic carbocycles. The Morgan fingerprint density at radius 1 is 1.50 bits per heavy atom. The molecule has 0 radical (unpaired) electrons. The van der Waals surface area contributed by atoms with Crippen LogP contribution < -0.4 is 0 Å². The first kappa shape index (κ1) is 9.20. The van der Waals surface area contributed by atoms with Crippen LogP contribution >= 0.6 is 11.3 Å². The fraction of sp³-hybridized carbons (Fsp3) is 0.182. The molecule has 0 bridgehead atoms. The van der Waals surface area contributed by atoms with Gasteiger partial charge in [-0.05, 0) is 30.0 Å². The van der Waals surface area contributed by atoms with Crippen LogP contribution in [0.25, 0.3) is 10.1 Å². The molecular weight excluding hydrogens is 194 g/mol. The second-order valence-electron chi connectivity index (χ2n) is 3.14. The summed E-state index contributed by atoms with van der Waals surface area (Å²) in [6, 6.07) is 7.88. The molecule has 70 valence electrons. The van der Waals surface area contributed by atoms with Gasteiger partial charge in [-0.1, -0.05) is 6.07 Å². The molecule has 0 aliphatic heterocycles. The fourth-order valence-electron chi connectivity index (χ4n) is 1.49. The van der Waals surface area contributed by atoms with E-state index in [0.29, 0.717) is 5.56 Å². The van der Waals surface area contributed by atoms with Crippen molar-refractivity contribution in [3.8, 4) is 6.07 Å². The van der Waals surface area contributed by atoms with E-state index in [0.717, 1.165) is 20.5 Å². The third-order valence-electron chi connectivity index (χ3n) is 2.26. The molecule has 0 aliphatic carbocycles. The van der Waals surface area contributed by atoms with Crippen LogP contribution in [0.2, 0.25) is 0 Å². The number of benzene rings is 1. The summed E-state index contributed by atoms with van der Waals surface area (Å²) in [5, 5.41) is 19.0. The summed E-state index contributed by atoms with van der Waals surface area (Å²) in [7, 11) is 0. The molecule has 0 aliphatic rings. The van der Waals surface area contributed by atoms with Crippen molar-refractivity contribution >= 4 is 21.4 Å². The Morgan fingerprint density at radius 2 is 2.29 bits per heavy atom. The Bertz CT molecular complexity index is 522. The fourth-order valence-corrected chi connectivity index (χ4v) is 2.52. The summed E-state index contributed by atoms with van der Waals surface area (Å²) in [5.41, 5.74) is 1.72. The lowest BCUT2D eigenvalue weighted by atomic mass is 10.1. The van der Waals surface area contributed by atoms with E-state index < -0.39 is 0 Å². The van der Waals surface area contributed by atoms with Crippen molar-refractivity contribution in [1.82, 2.24) is 0 Å². The van der Waals surface area contributed by atoms with E-state index in [4.69, 9.17) is 10.4 Å². The second-order valence-corrected chi connectivity index (χ2v) is 4.28. The third-order valence-corrected chi connectivity index (χ3v) is 3.52. The van der Waals surface area contributed by atoms with Crippen molar-refractivity contribution in [3.63, 3.8) is 0 Å². The predicted molar refractivity (Wildman–Crippen MR) is 57.2 cm³/mol. The molecule has 14 heavy (non-hydrogen) atoms. The van der Waals surface area contributed by atoms with Gasteiger partial charge in [0.2, 0.25) is 0 Å². The standard InChI is InChI=1S/C11H9NOS/c1-7-9(5-12)3-2-8-4-10(6-13)14-11(7)8/h2-4,13H,6H2,1H3. The lowest BCUT2D eigenvalue weighted by molar-refractivity contribution is 0.285. The van der Waals surface area contributed by atoms with Crippen molar-refractivity contribution in [1.29, 1.82) is 5.26 Å². The second kappa shape index (κ2) is 3.41. The van der Waals surface area contributed by atoms with Crippen LogP contribution in [0, 0.1) is 18.3 Å². The highest BCUT2D eigenvalue weighted by molar-refractivity contribution is 7.19. The van der Waals surface area contributed by atoms with Crippen LogP contribution in [0.3, 0.4) is 0 Å². The molecule has 2 rings (SSSR count). The molecule has 0 amide bonds. The summed E-state index contributed by atoms with van der Waals surface area (Å²) in [6.07, 6.45) is 0. The normalized spacial score (nSPS) is 10.4. The van der Waals surface area contributed by atoms with E-state index >= 15 is 0 Å².